The Hall–Kier alpha value is -4.15. The Bertz CT molecular complexity index is 1270. The number of nitriles is 1. The number of rotatable bonds is 8. The van der Waals surface area contributed by atoms with Crippen LogP contribution in [-0.4, -0.2) is 18.5 Å². The third kappa shape index (κ3) is 6.44. The Kier molecular flexibility index (Phi) is 8.38. The molecule has 0 saturated heterocycles. The predicted octanol–water partition coefficient (Wildman–Crippen LogP) is 5.78. The highest BCUT2D eigenvalue weighted by molar-refractivity contribution is 6.30. The summed E-state index contributed by atoms with van der Waals surface area (Å²) < 4.78 is 24.6. The summed E-state index contributed by atoms with van der Waals surface area (Å²) in [5.41, 5.74) is 1.27. The highest BCUT2D eigenvalue weighted by Gasteiger charge is 2.13. The molecule has 3 rings (SSSR count). The van der Waals surface area contributed by atoms with Crippen molar-refractivity contribution in [3.05, 3.63) is 99.8 Å². The molecule has 172 valence electrons. The maximum absolute atomic E-state index is 13.9. The highest BCUT2D eigenvalue weighted by atomic mass is 35.5. The molecule has 3 aromatic rings. The zero-order chi connectivity index (χ0) is 24.5. The molecule has 3 aromatic carbocycles. The van der Waals surface area contributed by atoms with Crippen LogP contribution in [0.25, 0.3) is 6.08 Å². The third-order valence-corrected chi connectivity index (χ3v) is 4.87. The molecule has 34 heavy (non-hydrogen) atoms. The second-order valence-electron chi connectivity index (χ2n) is 6.98. The molecule has 1 N–H and O–H groups in total. The zero-order valence-electron chi connectivity index (χ0n) is 18.2. The van der Waals surface area contributed by atoms with E-state index in [4.69, 9.17) is 21.1 Å². The summed E-state index contributed by atoms with van der Waals surface area (Å²) in [5, 5.41) is 12.5. The number of hydrogen-bond acceptors (Lipinski definition) is 5. The predicted molar refractivity (Wildman–Crippen MR) is 127 cm³/mol. The van der Waals surface area contributed by atoms with Crippen molar-refractivity contribution >= 4 is 35.2 Å². The number of carbonyl (C=O) groups excluding carboxylic acids is 2. The van der Waals surface area contributed by atoms with E-state index in [1.54, 1.807) is 37.3 Å². The third-order valence-electron chi connectivity index (χ3n) is 4.63. The second kappa shape index (κ2) is 11.6. The first-order chi connectivity index (χ1) is 16.4. The SMILES string of the molecule is CCOC(=O)c1ccc(NC(=O)/C(C#N)=C/c2cc(Cl)ccc2OCc2ccccc2F)cc1. The molecule has 1 amide bonds. The van der Waals surface area contributed by atoms with Crippen molar-refractivity contribution in [1.29, 1.82) is 5.26 Å². The van der Waals surface area contributed by atoms with Crippen LogP contribution in [0.2, 0.25) is 5.02 Å². The van der Waals surface area contributed by atoms with Gasteiger partial charge in [-0.05, 0) is 61.5 Å². The van der Waals surface area contributed by atoms with Crippen molar-refractivity contribution in [2.75, 3.05) is 11.9 Å². The number of benzene rings is 3. The molecule has 0 saturated carbocycles. The van der Waals surface area contributed by atoms with E-state index in [0.29, 0.717) is 33.1 Å². The molecule has 0 heterocycles. The van der Waals surface area contributed by atoms with Crippen molar-refractivity contribution < 1.29 is 23.5 Å². The minimum atomic E-state index is -0.661. The first-order valence-electron chi connectivity index (χ1n) is 10.3. The maximum atomic E-state index is 13.9. The van der Waals surface area contributed by atoms with Crippen LogP contribution in [-0.2, 0) is 16.1 Å². The van der Waals surface area contributed by atoms with Crippen molar-refractivity contribution in [2.24, 2.45) is 0 Å². The van der Waals surface area contributed by atoms with E-state index in [2.05, 4.69) is 5.32 Å². The second-order valence-corrected chi connectivity index (χ2v) is 7.42. The van der Waals surface area contributed by atoms with E-state index in [0.717, 1.165) is 0 Å². The number of carbonyl (C=O) groups is 2. The Morgan fingerprint density at radius 2 is 1.85 bits per heavy atom. The van der Waals surface area contributed by atoms with Crippen molar-refractivity contribution in [3.8, 4) is 11.8 Å². The minimum absolute atomic E-state index is 0.0456. The van der Waals surface area contributed by atoms with Gasteiger partial charge in [0.2, 0.25) is 0 Å². The highest BCUT2D eigenvalue weighted by Crippen LogP contribution is 2.27. The molecule has 6 nitrogen and oxygen atoms in total. The lowest BCUT2D eigenvalue weighted by molar-refractivity contribution is -0.112. The lowest BCUT2D eigenvalue weighted by Crippen LogP contribution is -2.14. The molecular weight excluding hydrogens is 459 g/mol. The molecule has 0 aliphatic carbocycles. The maximum Gasteiger partial charge on any atom is 0.338 e. The summed E-state index contributed by atoms with van der Waals surface area (Å²) in [6, 6.07) is 18.9. The molecule has 0 spiro atoms. The largest absolute Gasteiger partial charge is 0.488 e. The van der Waals surface area contributed by atoms with Crippen molar-refractivity contribution in [1.82, 2.24) is 0 Å². The Morgan fingerprint density at radius 3 is 2.53 bits per heavy atom. The number of nitrogens with one attached hydrogen (secondary N) is 1. The monoisotopic (exact) mass is 478 g/mol. The molecule has 8 heteroatoms. The number of anilines is 1. The van der Waals surface area contributed by atoms with E-state index in [9.17, 15) is 19.2 Å². The molecule has 0 bridgehead atoms. The summed E-state index contributed by atoms with van der Waals surface area (Å²) in [7, 11) is 0. The molecule has 0 atom stereocenters. The quantitative estimate of drug-likeness (QED) is 0.252. The van der Waals surface area contributed by atoms with Crippen LogP contribution < -0.4 is 10.1 Å². The Balaban J connectivity index is 1.78. The zero-order valence-corrected chi connectivity index (χ0v) is 18.9. The average molecular weight is 479 g/mol. The van der Waals surface area contributed by atoms with Crippen LogP contribution in [0.15, 0.2) is 72.3 Å². The fourth-order valence-corrected chi connectivity index (χ4v) is 3.12. The number of hydrogen-bond donors (Lipinski definition) is 1. The Labute approximate surface area is 201 Å². The van der Waals surface area contributed by atoms with Gasteiger partial charge in [-0.25, -0.2) is 9.18 Å². The van der Waals surface area contributed by atoms with Gasteiger partial charge in [-0.1, -0.05) is 29.8 Å². The fourth-order valence-electron chi connectivity index (χ4n) is 2.94. The number of nitrogens with zero attached hydrogens (tertiary/aromatic N) is 1. The number of halogens is 2. The van der Waals surface area contributed by atoms with Gasteiger partial charge in [-0.2, -0.15) is 5.26 Å². The Morgan fingerprint density at radius 1 is 1.12 bits per heavy atom. The normalized spacial score (nSPS) is 10.8. The lowest BCUT2D eigenvalue weighted by atomic mass is 10.1. The molecular formula is C26H20ClFN2O4. The van der Waals surface area contributed by atoms with Gasteiger partial charge >= 0.3 is 5.97 Å². The molecule has 0 radical (unpaired) electrons. The van der Waals surface area contributed by atoms with Gasteiger partial charge in [0.25, 0.3) is 5.91 Å². The average Bonchev–Trinajstić information content (AvgIpc) is 2.83. The summed E-state index contributed by atoms with van der Waals surface area (Å²) in [5.74, 6) is -1.21. The van der Waals surface area contributed by atoms with Crippen LogP contribution in [0.5, 0.6) is 5.75 Å². The van der Waals surface area contributed by atoms with Gasteiger partial charge in [-0.15, -0.1) is 0 Å². The van der Waals surface area contributed by atoms with Crippen LogP contribution in [0.1, 0.15) is 28.4 Å². The summed E-state index contributed by atoms with van der Waals surface area (Å²) in [4.78, 5) is 24.4. The van der Waals surface area contributed by atoms with E-state index in [1.807, 2.05) is 6.07 Å². The molecule has 0 fully saturated rings. The van der Waals surface area contributed by atoms with Gasteiger partial charge < -0.3 is 14.8 Å². The number of esters is 1. The van der Waals surface area contributed by atoms with E-state index >= 15 is 0 Å². The minimum Gasteiger partial charge on any atom is -0.488 e. The van der Waals surface area contributed by atoms with E-state index in [1.165, 1.54) is 42.5 Å². The van der Waals surface area contributed by atoms with Crippen LogP contribution in [0, 0.1) is 17.1 Å². The summed E-state index contributed by atoms with van der Waals surface area (Å²) in [6.45, 7) is 1.91. The van der Waals surface area contributed by atoms with Crippen molar-refractivity contribution in [2.45, 2.75) is 13.5 Å². The van der Waals surface area contributed by atoms with Gasteiger partial charge in [0, 0.05) is 21.8 Å². The van der Waals surface area contributed by atoms with Crippen LogP contribution in [0.4, 0.5) is 10.1 Å². The molecule has 0 aromatic heterocycles. The first kappa shape index (κ1) is 24.5. The number of amides is 1. The molecule has 0 aliphatic heterocycles. The summed E-state index contributed by atoms with van der Waals surface area (Å²) >= 11 is 6.09. The van der Waals surface area contributed by atoms with Crippen molar-refractivity contribution in [3.63, 3.8) is 0 Å². The van der Waals surface area contributed by atoms with E-state index in [-0.39, 0.29) is 18.8 Å². The van der Waals surface area contributed by atoms with Gasteiger partial charge in [0.05, 0.1) is 12.2 Å². The molecule has 0 aliphatic rings. The topological polar surface area (TPSA) is 88.4 Å². The van der Waals surface area contributed by atoms with Crippen LogP contribution >= 0.6 is 11.6 Å². The van der Waals surface area contributed by atoms with Gasteiger partial charge in [0.15, 0.2) is 0 Å². The summed E-state index contributed by atoms with van der Waals surface area (Å²) in [6.07, 6.45) is 1.34. The lowest BCUT2D eigenvalue weighted by Gasteiger charge is -2.11. The number of ether oxygens (including phenoxy) is 2. The standard InChI is InChI=1S/C26H20ClFN2O4/c1-2-33-26(32)17-7-10-22(11-8-17)30-25(31)20(15-29)13-19-14-21(27)9-12-24(19)34-16-18-5-3-4-6-23(18)28/h3-14H,2,16H2,1H3,(H,30,31)/b20-13+. The first-order valence-corrected chi connectivity index (χ1v) is 10.6. The van der Waals surface area contributed by atoms with Crippen LogP contribution in [0.3, 0.4) is 0 Å². The van der Waals surface area contributed by atoms with Gasteiger partial charge in [-0.3, -0.25) is 4.79 Å². The molecule has 0 unspecified atom stereocenters. The smallest absolute Gasteiger partial charge is 0.338 e. The van der Waals surface area contributed by atoms with E-state index < -0.39 is 17.7 Å². The van der Waals surface area contributed by atoms with Gasteiger partial charge in [0.1, 0.15) is 29.8 Å². The fraction of sp³-hybridized carbons (Fsp3) is 0.115.